The summed E-state index contributed by atoms with van der Waals surface area (Å²) in [4.78, 5) is 0. The Hall–Kier alpha value is -1.18. The predicted octanol–water partition coefficient (Wildman–Crippen LogP) is 5.39. The number of aromatic hydroxyl groups is 2. The van der Waals surface area contributed by atoms with Crippen molar-refractivity contribution in [2.45, 2.75) is 77.6 Å². The number of rotatable bonds is 3. The Bertz CT molecular complexity index is 469. The molecular weight excluding hydrogens is 248 g/mol. The molecule has 2 heteroatoms. The summed E-state index contributed by atoms with van der Waals surface area (Å²) < 4.78 is 0. The fourth-order valence-electron chi connectivity index (χ4n) is 3.51. The maximum atomic E-state index is 10.5. The summed E-state index contributed by atoms with van der Waals surface area (Å²) in [5.41, 5.74) is 3.12. The van der Waals surface area contributed by atoms with Gasteiger partial charge in [-0.1, -0.05) is 53.0 Å². The average Bonchev–Trinajstić information content (AvgIpc) is 2.41. The molecule has 112 valence electrons. The van der Waals surface area contributed by atoms with Crippen LogP contribution in [0.2, 0.25) is 0 Å². The molecule has 2 nitrogen and oxygen atoms in total. The van der Waals surface area contributed by atoms with Crippen molar-refractivity contribution in [2.75, 3.05) is 0 Å². The largest absolute Gasteiger partial charge is 0.504 e. The third-order valence-electron chi connectivity index (χ3n) is 4.62. The van der Waals surface area contributed by atoms with Crippen molar-refractivity contribution in [3.63, 3.8) is 0 Å². The van der Waals surface area contributed by atoms with Crippen LogP contribution in [-0.2, 0) is 0 Å². The van der Waals surface area contributed by atoms with Crippen molar-refractivity contribution < 1.29 is 10.2 Å². The van der Waals surface area contributed by atoms with Crippen LogP contribution < -0.4 is 0 Å². The second-order valence-corrected chi connectivity index (χ2v) is 6.81. The van der Waals surface area contributed by atoms with Crippen molar-refractivity contribution in [1.29, 1.82) is 0 Å². The van der Waals surface area contributed by atoms with E-state index < -0.39 is 0 Å². The monoisotopic (exact) mass is 276 g/mol. The Morgan fingerprint density at radius 2 is 1.50 bits per heavy atom. The van der Waals surface area contributed by atoms with E-state index in [0.29, 0.717) is 5.92 Å². The summed E-state index contributed by atoms with van der Waals surface area (Å²) in [6, 6.07) is 2.16. The molecule has 0 saturated heterocycles. The molecule has 0 radical (unpaired) electrons. The van der Waals surface area contributed by atoms with Crippen molar-refractivity contribution in [3.8, 4) is 11.5 Å². The SMILES string of the molecule is CC(C)c1cc(C2CCCCC2)c(C(C)C)c(O)c1O. The Kier molecular flexibility index (Phi) is 4.62. The maximum absolute atomic E-state index is 10.5. The third kappa shape index (κ3) is 2.79. The van der Waals surface area contributed by atoms with Crippen LogP contribution >= 0.6 is 0 Å². The van der Waals surface area contributed by atoms with Gasteiger partial charge in [-0.25, -0.2) is 0 Å². The van der Waals surface area contributed by atoms with Crippen LogP contribution in [0.1, 0.15) is 94.2 Å². The van der Waals surface area contributed by atoms with Crippen LogP contribution in [-0.4, -0.2) is 10.2 Å². The van der Waals surface area contributed by atoms with E-state index in [1.807, 2.05) is 0 Å². The molecule has 20 heavy (non-hydrogen) atoms. The standard InChI is InChI=1S/C18H28O2/c1-11(2)14-10-15(13-8-6-5-7-9-13)16(12(3)4)18(20)17(14)19/h10-13,19-20H,5-9H2,1-4H3. The van der Waals surface area contributed by atoms with Gasteiger partial charge < -0.3 is 10.2 Å². The van der Waals surface area contributed by atoms with Crippen molar-refractivity contribution in [1.82, 2.24) is 0 Å². The summed E-state index contributed by atoms with van der Waals surface area (Å²) in [5, 5.41) is 20.7. The summed E-state index contributed by atoms with van der Waals surface area (Å²) >= 11 is 0. The lowest BCUT2D eigenvalue weighted by atomic mass is 9.78. The first-order chi connectivity index (χ1) is 9.43. The fourth-order valence-corrected chi connectivity index (χ4v) is 3.51. The molecule has 0 aromatic heterocycles. The zero-order chi connectivity index (χ0) is 14.9. The van der Waals surface area contributed by atoms with E-state index in [-0.39, 0.29) is 23.3 Å². The molecule has 2 rings (SSSR count). The fraction of sp³-hybridized carbons (Fsp3) is 0.667. The molecule has 1 aromatic rings. The zero-order valence-electron chi connectivity index (χ0n) is 13.2. The van der Waals surface area contributed by atoms with Crippen LogP contribution in [0.3, 0.4) is 0 Å². The van der Waals surface area contributed by atoms with Gasteiger partial charge in [-0.2, -0.15) is 0 Å². The minimum absolute atomic E-state index is 0.0864. The lowest BCUT2D eigenvalue weighted by Gasteiger charge is -2.28. The third-order valence-corrected chi connectivity index (χ3v) is 4.62. The molecule has 0 spiro atoms. The van der Waals surface area contributed by atoms with Crippen molar-refractivity contribution in [3.05, 3.63) is 22.8 Å². The van der Waals surface area contributed by atoms with E-state index in [2.05, 4.69) is 33.8 Å². The molecule has 1 fully saturated rings. The van der Waals surface area contributed by atoms with Gasteiger partial charge in [0.2, 0.25) is 0 Å². The summed E-state index contributed by atoms with van der Waals surface area (Å²) in [7, 11) is 0. The number of phenolic OH excluding ortho intramolecular Hbond substituents is 2. The van der Waals surface area contributed by atoms with Crippen LogP contribution in [0.5, 0.6) is 11.5 Å². The number of benzene rings is 1. The molecule has 0 bridgehead atoms. The highest BCUT2D eigenvalue weighted by Crippen LogP contribution is 2.46. The van der Waals surface area contributed by atoms with Gasteiger partial charge in [0.1, 0.15) is 0 Å². The lowest BCUT2D eigenvalue weighted by molar-refractivity contribution is 0.385. The van der Waals surface area contributed by atoms with E-state index in [4.69, 9.17) is 0 Å². The Balaban J connectivity index is 2.56. The molecular formula is C18H28O2. The Labute approximate surface area is 122 Å². The van der Waals surface area contributed by atoms with Crippen LogP contribution in [0.4, 0.5) is 0 Å². The van der Waals surface area contributed by atoms with Gasteiger partial charge in [-0.05, 0) is 36.2 Å². The molecule has 1 aliphatic rings. The molecule has 1 aromatic carbocycles. The minimum atomic E-state index is 0.0864. The van der Waals surface area contributed by atoms with E-state index in [9.17, 15) is 10.2 Å². The predicted molar refractivity (Wildman–Crippen MR) is 83.8 cm³/mol. The van der Waals surface area contributed by atoms with Crippen LogP contribution in [0, 0.1) is 0 Å². The minimum Gasteiger partial charge on any atom is -0.504 e. The summed E-state index contributed by atoms with van der Waals surface area (Å²) in [6.45, 7) is 8.31. The Morgan fingerprint density at radius 3 is 2.00 bits per heavy atom. The van der Waals surface area contributed by atoms with E-state index in [1.54, 1.807) is 0 Å². The van der Waals surface area contributed by atoms with Crippen molar-refractivity contribution in [2.24, 2.45) is 0 Å². The molecule has 0 unspecified atom stereocenters. The van der Waals surface area contributed by atoms with Crippen LogP contribution in [0.25, 0.3) is 0 Å². The second-order valence-electron chi connectivity index (χ2n) is 6.81. The second kappa shape index (κ2) is 6.07. The summed E-state index contributed by atoms with van der Waals surface area (Å²) in [6.07, 6.45) is 6.30. The maximum Gasteiger partial charge on any atom is 0.161 e. The molecule has 0 aliphatic heterocycles. The first-order valence-corrected chi connectivity index (χ1v) is 8.02. The van der Waals surface area contributed by atoms with Crippen molar-refractivity contribution >= 4 is 0 Å². The van der Waals surface area contributed by atoms with Crippen LogP contribution in [0.15, 0.2) is 6.07 Å². The first-order valence-electron chi connectivity index (χ1n) is 8.02. The van der Waals surface area contributed by atoms with Gasteiger partial charge in [0.05, 0.1) is 0 Å². The number of hydrogen-bond donors (Lipinski definition) is 2. The molecule has 0 heterocycles. The molecule has 0 atom stereocenters. The molecule has 1 saturated carbocycles. The highest BCUT2D eigenvalue weighted by molar-refractivity contribution is 5.57. The number of hydrogen-bond acceptors (Lipinski definition) is 2. The lowest BCUT2D eigenvalue weighted by Crippen LogP contribution is -2.10. The van der Waals surface area contributed by atoms with Gasteiger partial charge in [0, 0.05) is 11.1 Å². The van der Waals surface area contributed by atoms with Gasteiger partial charge in [-0.3, -0.25) is 0 Å². The van der Waals surface area contributed by atoms with E-state index in [0.717, 1.165) is 11.1 Å². The highest BCUT2D eigenvalue weighted by Gasteiger charge is 2.26. The van der Waals surface area contributed by atoms with Gasteiger partial charge >= 0.3 is 0 Å². The van der Waals surface area contributed by atoms with E-state index in [1.165, 1.54) is 37.7 Å². The number of phenols is 2. The molecule has 2 N–H and O–H groups in total. The normalized spacial score (nSPS) is 17.1. The average molecular weight is 276 g/mol. The smallest absolute Gasteiger partial charge is 0.161 e. The van der Waals surface area contributed by atoms with E-state index >= 15 is 0 Å². The van der Waals surface area contributed by atoms with Gasteiger partial charge in [-0.15, -0.1) is 0 Å². The van der Waals surface area contributed by atoms with Gasteiger partial charge in [0.15, 0.2) is 11.5 Å². The zero-order valence-corrected chi connectivity index (χ0v) is 13.2. The summed E-state index contributed by atoms with van der Waals surface area (Å²) in [5.74, 6) is 1.21. The Morgan fingerprint density at radius 1 is 0.900 bits per heavy atom. The highest BCUT2D eigenvalue weighted by atomic mass is 16.3. The molecule has 1 aliphatic carbocycles. The first kappa shape index (κ1) is 15.2. The topological polar surface area (TPSA) is 40.5 Å². The van der Waals surface area contributed by atoms with Gasteiger partial charge in [0.25, 0.3) is 0 Å². The molecule has 0 amide bonds. The quantitative estimate of drug-likeness (QED) is 0.726.